The van der Waals surface area contributed by atoms with Gasteiger partial charge in [0.25, 0.3) is 5.91 Å². The minimum atomic E-state index is -1.31. The molecule has 3 rings (SSSR count). The third-order valence-corrected chi connectivity index (χ3v) is 10.5. The van der Waals surface area contributed by atoms with Gasteiger partial charge in [-0.1, -0.05) is 96.0 Å². The van der Waals surface area contributed by atoms with Crippen molar-refractivity contribution in [3.8, 4) is 0 Å². The van der Waals surface area contributed by atoms with Crippen molar-refractivity contribution in [1.82, 2.24) is 35.9 Å². The number of pyridine rings is 1. The highest BCUT2D eigenvalue weighted by Crippen LogP contribution is 2.24. The van der Waals surface area contributed by atoms with Crippen LogP contribution in [0.15, 0.2) is 60.2 Å². The Morgan fingerprint density at radius 1 is 0.982 bits per heavy atom. The van der Waals surface area contributed by atoms with Crippen molar-refractivity contribution in [3.05, 3.63) is 77.1 Å². The Morgan fingerprint density at radius 3 is 2.29 bits per heavy atom. The molecule has 2 aromatic rings. The van der Waals surface area contributed by atoms with Crippen LogP contribution in [0.5, 0.6) is 0 Å². The molecule has 1 saturated heterocycles. The lowest BCUT2D eigenvalue weighted by Crippen LogP contribution is -2.60. The number of hydrogen-bond donors (Lipinski definition) is 5. The predicted molar refractivity (Wildman–Crippen MR) is 219 cm³/mol. The molecule has 1 aliphatic rings. The summed E-state index contributed by atoms with van der Waals surface area (Å²) in [6.45, 7) is 19.0. The molecular weight excluding hydrogens is 711 g/mol. The zero-order valence-corrected chi connectivity index (χ0v) is 35.0. The van der Waals surface area contributed by atoms with Crippen molar-refractivity contribution >= 4 is 23.9 Å². The summed E-state index contributed by atoms with van der Waals surface area (Å²) in [5, 5.41) is 28.7. The number of hydrazine groups is 1. The van der Waals surface area contributed by atoms with E-state index in [9.17, 15) is 29.4 Å². The molecule has 13 heteroatoms. The largest absolute Gasteiger partial charge is 0.465 e. The number of aliphatic hydroxyl groups is 1. The Morgan fingerprint density at radius 2 is 1.68 bits per heavy atom. The quantitative estimate of drug-likeness (QED) is 0.0770. The number of amides is 5. The van der Waals surface area contributed by atoms with Crippen molar-refractivity contribution in [2.75, 3.05) is 26.2 Å². The summed E-state index contributed by atoms with van der Waals surface area (Å²) in [5.41, 5.74) is 5.97. The normalized spacial score (nSPS) is 16.4. The van der Waals surface area contributed by atoms with E-state index in [2.05, 4.69) is 47.9 Å². The molecule has 6 atom stereocenters. The summed E-state index contributed by atoms with van der Waals surface area (Å²) in [7, 11) is 0. The number of aliphatic hydroxyl groups excluding tert-OH is 1. The average Bonchev–Trinajstić information content (AvgIpc) is 3.47. The summed E-state index contributed by atoms with van der Waals surface area (Å²) < 4.78 is 0. The maximum atomic E-state index is 14.4. The molecule has 5 amide bonds. The second-order valence-corrected chi connectivity index (χ2v) is 16.8. The Kier molecular flexibility index (Phi) is 17.8. The van der Waals surface area contributed by atoms with E-state index in [1.165, 1.54) is 5.57 Å². The number of urea groups is 1. The fraction of sp³-hybridized carbons (Fsp3) is 0.605. The van der Waals surface area contributed by atoms with E-state index in [4.69, 9.17) is 0 Å². The Balaban J connectivity index is 1.88. The molecule has 1 aliphatic heterocycles. The molecule has 0 bridgehead atoms. The molecule has 2 heterocycles. The fourth-order valence-electron chi connectivity index (χ4n) is 6.98. The highest BCUT2D eigenvalue weighted by molar-refractivity contribution is 5.88. The van der Waals surface area contributed by atoms with Crippen molar-refractivity contribution in [2.24, 2.45) is 17.3 Å². The van der Waals surface area contributed by atoms with E-state index in [0.29, 0.717) is 51.4 Å². The van der Waals surface area contributed by atoms with Crippen LogP contribution in [0.1, 0.15) is 98.0 Å². The van der Waals surface area contributed by atoms with Gasteiger partial charge in [0.2, 0.25) is 5.91 Å². The lowest BCUT2D eigenvalue weighted by atomic mass is 9.86. The van der Waals surface area contributed by atoms with Crippen LogP contribution >= 0.6 is 0 Å². The molecule has 0 radical (unpaired) electrons. The fourth-order valence-corrected chi connectivity index (χ4v) is 6.98. The number of carboxylic acid groups (broad SMARTS) is 1. The molecule has 0 saturated carbocycles. The van der Waals surface area contributed by atoms with E-state index in [0.717, 1.165) is 29.8 Å². The molecule has 1 aromatic carbocycles. The van der Waals surface area contributed by atoms with Crippen LogP contribution in [0, 0.1) is 24.2 Å². The first kappa shape index (κ1) is 45.9. The van der Waals surface area contributed by atoms with Gasteiger partial charge in [0.1, 0.15) is 12.1 Å². The number of benzene rings is 1. The van der Waals surface area contributed by atoms with Crippen LogP contribution in [0.4, 0.5) is 9.59 Å². The van der Waals surface area contributed by atoms with Crippen LogP contribution in [0.25, 0.3) is 0 Å². The van der Waals surface area contributed by atoms with Gasteiger partial charge in [-0.3, -0.25) is 20.0 Å². The van der Waals surface area contributed by atoms with Crippen molar-refractivity contribution in [3.63, 3.8) is 0 Å². The van der Waals surface area contributed by atoms with Gasteiger partial charge in [-0.25, -0.2) is 14.6 Å². The lowest BCUT2D eigenvalue weighted by molar-refractivity contribution is -0.132. The minimum Gasteiger partial charge on any atom is -0.465 e. The summed E-state index contributed by atoms with van der Waals surface area (Å²) in [5.74, 6) is -0.772. The third kappa shape index (κ3) is 14.5. The van der Waals surface area contributed by atoms with E-state index < -0.39 is 41.6 Å². The lowest BCUT2D eigenvalue weighted by Gasteiger charge is -2.36. The number of carbonyl (C=O) groups is 4. The maximum absolute atomic E-state index is 14.4. The highest BCUT2D eigenvalue weighted by atomic mass is 16.4. The van der Waals surface area contributed by atoms with Gasteiger partial charge in [-0.15, -0.1) is 0 Å². The Labute approximate surface area is 334 Å². The van der Waals surface area contributed by atoms with E-state index in [1.54, 1.807) is 35.6 Å². The van der Waals surface area contributed by atoms with Gasteiger partial charge >= 0.3 is 12.1 Å². The van der Waals surface area contributed by atoms with Gasteiger partial charge in [-0.2, -0.15) is 0 Å². The maximum Gasteiger partial charge on any atom is 0.405 e. The third-order valence-electron chi connectivity index (χ3n) is 10.5. The van der Waals surface area contributed by atoms with Crippen molar-refractivity contribution in [2.45, 2.75) is 125 Å². The number of nitrogens with zero attached hydrogens (tertiary/aromatic N) is 4. The number of nitrogens with one attached hydrogen (secondary N) is 3. The standard InChI is InChI=1S/C43H67N7O6/c1-10-31(5)37(50-25-24-48(42(50)56)27-34-21-15-18-32(6)44-34)39(52)45-35(26-33-19-12-11-13-20-33)36(51)28-49(23-22-30(4)17-14-16-29(2)3)47-40(53)38(43(7,8)9)46-41(54)55/h11-13,15-16,18-21,30-31,35-38,46,51H,10,14,17,22-28H2,1-9H3,(H,45,52)(H,47,53)(H,54,55)/t30?,31-,35-,36-,37-,38+/m0/s1. The van der Waals surface area contributed by atoms with E-state index >= 15 is 0 Å². The van der Waals surface area contributed by atoms with Crippen LogP contribution < -0.4 is 16.1 Å². The zero-order valence-electron chi connectivity index (χ0n) is 35.0. The molecule has 310 valence electrons. The van der Waals surface area contributed by atoms with Crippen molar-refractivity contribution < 1.29 is 29.4 Å². The first-order valence-electron chi connectivity index (χ1n) is 20.1. The number of hydrogen-bond acceptors (Lipinski definition) is 7. The Hall–Kier alpha value is -4.49. The number of aryl methyl sites for hydroxylation is 1. The summed E-state index contributed by atoms with van der Waals surface area (Å²) in [6.07, 6.45) is 3.25. The number of aromatic nitrogens is 1. The summed E-state index contributed by atoms with van der Waals surface area (Å²) in [4.78, 5) is 61.6. The molecule has 56 heavy (non-hydrogen) atoms. The first-order valence-corrected chi connectivity index (χ1v) is 20.1. The van der Waals surface area contributed by atoms with Crippen LogP contribution in [0.3, 0.4) is 0 Å². The molecule has 1 fully saturated rings. The SMILES string of the molecule is CC[C@H](C)[C@@H](C(=O)N[C@@H](Cc1ccccc1)[C@@H](O)CN(CCC(C)CCC=C(C)C)NC(=O)[C@@H](NC(=O)O)C(C)(C)C)N1CCN(Cc2cccc(C)n2)C1=O. The molecule has 5 N–H and O–H groups in total. The van der Waals surface area contributed by atoms with Crippen LogP contribution in [0.2, 0.25) is 0 Å². The molecule has 13 nitrogen and oxygen atoms in total. The molecular formula is C43H67N7O6. The van der Waals surface area contributed by atoms with Crippen molar-refractivity contribution in [1.29, 1.82) is 0 Å². The molecule has 1 unspecified atom stereocenters. The number of rotatable bonds is 21. The summed E-state index contributed by atoms with van der Waals surface area (Å²) >= 11 is 0. The first-order chi connectivity index (χ1) is 26.4. The Bertz CT molecular complexity index is 1610. The van der Waals surface area contributed by atoms with Gasteiger partial charge in [0.05, 0.1) is 24.4 Å². The summed E-state index contributed by atoms with van der Waals surface area (Å²) in [6, 6.07) is 12.4. The average molecular weight is 778 g/mol. The van der Waals surface area contributed by atoms with Gasteiger partial charge in [0.15, 0.2) is 0 Å². The van der Waals surface area contributed by atoms with E-state index in [1.807, 2.05) is 69.3 Å². The molecule has 0 spiro atoms. The molecule has 1 aromatic heterocycles. The van der Waals surface area contributed by atoms with Gasteiger partial charge in [0, 0.05) is 31.9 Å². The van der Waals surface area contributed by atoms with E-state index in [-0.39, 0.29) is 24.4 Å². The van der Waals surface area contributed by atoms with Gasteiger partial charge in [-0.05, 0) is 81.4 Å². The minimum absolute atomic E-state index is 0.0396. The number of carbonyl (C=O) groups excluding carboxylic acids is 3. The second kappa shape index (κ2) is 21.7. The predicted octanol–water partition coefficient (Wildman–Crippen LogP) is 5.92. The monoisotopic (exact) mass is 778 g/mol. The van der Waals surface area contributed by atoms with Crippen LogP contribution in [-0.4, -0.2) is 104 Å². The van der Waals surface area contributed by atoms with Gasteiger partial charge < -0.3 is 30.6 Å². The topological polar surface area (TPSA) is 167 Å². The van der Waals surface area contributed by atoms with Crippen LogP contribution in [-0.2, 0) is 22.6 Å². The smallest absolute Gasteiger partial charge is 0.405 e. The molecule has 0 aliphatic carbocycles. The number of allylic oxidation sites excluding steroid dienone is 2. The zero-order chi connectivity index (χ0) is 41.6. The highest BCUT2D eigenvalue weighted by Gasteiger charge is 2.41. The second-order valence-electron chi connectivity index (χ2n) is 16.8.